The molecule has 0 aliphatic carbocycles. The van der Waals surface area contributed by atoms with Crippen LogP contribution >= 0.6 is 23.2 Å². The molecular weight excluding hydrogens is 439 g/mol. The van der Waals surface area contributed by atoms with Crippen molar-refractivity contribution in [2.45, 2.75) is 25.3 Å². The summed E-state index contributed by atoms with van der Waals surface area (Å²) in [5.74, 6) is -0.499. The maximum Gasteiger partial charge on any atom is 0.274 e. The summed E-state index contributed by atoms with van der Waals surface area (Å²) in [6.45, 7) is 0.483. The minimum atomic E-state index is -0.593. The van der Waals surface area contributed by atoms with Gasteiger partial charge in [0.1, 0.15) is 6.04 Å². The number of aryl methyl sites for hydroxylation is 1. The van der Waals surface area contributed by atoms with Gasteiger partial charge in [-0.1, -0.05) is 41.4 Å². The van der Waals surface area contributed by atoms with Gasteiger partial charge in [-0.3, -0.25) is 14.4 Å². The van der Waals surface area contributed by atoms with E-state index >= 15 is 0 Å². The number of nitrogens with zero attached hydrogens (tertiary/aromatic N) is 3. The third kappa shape index (κ3) is 4.43. The van der Waals surface area contributed by atoms with E-state index in [0.29, 0.717) is 45.2 Å². The Morgan fingerprint density at radius 3 is 2.52 bits per heavy atom. The average Bonchev–Trinajstić information content (AvgIpc) is 3.21. The predicted octanol–water partition coefficient (Wildman–Crippen LogP) is 3.41. The van der Waals surface area contributed by atoms with Crippen LogP contribution in [-0.4, -0.2) is 39.1 Å². The molecule has 160 valence electrons. The molecule has 0 spiro atoms. The molecule has 0 saturated carbocycles. The van der Waals surface area contributed by atoms with E-state index in [9.17, 15) is 14.4 Å². The summed E-state index contributed by atoms with van der Waals surface area (Å²) < 4.78 is 1.24. The van der Waals surface area contributed by atoms with Crippen molar-refractivity contribution < 1.29 is 9.59 Å². The summed E-state index contributed by atoms with van der Waals surface area (Å²) in [5.41, 5.74) is 0.772. The van der Waals surface area contributed by atoms with Crippen LogP contribution in [0.4, 0.5) is 5.69 Å². The van der Waals surface area contributed by atoms with E-state index in [1.165, 1.54) is 4.68 Å². The number of hydrogen-bond acceptors (Lipinski definition) is 4. The number of carbonyl (C=O) groups excluding carboxylic acids is 2. The highest BCUT2D eigenvalue weighted by atomic mass is 35.5. The molecule has 9 heteroatoms. The number of benzene rings is 2. The summed E-state index contributed by atoms with van der Waals surface area (Å²) in [6, 6.07) is 11.3. The minimum Gasteiger partial charge on any atom is -0.330 e. The van der Waals surface area contributed by atoms with Gasteiger partial charge in [0.15, 0.2) is 0 Å². The molecule has 0 bridgehead atoms. The fourth-order valence-corrected chi connectivity index (χ4v) is 4.47. The first kappa shape index (κ1) is 21.3. The molecule has 2 heterocycles. The summed E-state index contributed by atoms with van der Waals surface area (Å²) in [7, 11) is 1.56. The zero-order valence-electron chi connectivity index (χ0n) is 16.8. The third-order valence-corrected chi connectivity index (χ3v) is 5.79. The second-order valence-electron chi connectivity index (χ2n) is 7.49. The normalized spacial score (nSPS) is 16.0. The Kier molecular flexibility index (Phi) is 5.98. The number of aromatic nitrogens is 2. The minimum absolute atomic E-state index is 0.00140. The third-order valence-electron chi connectivity index (χ3n) is 5.36. The molecular formula is C22H20Cl2N4O3. The van der Waals surface area contributed by atoms with Crippen LogP contribution in [-0.2, 0) is 23.1 Å². The van der Waals surface area contributed by atoms with E-state index < -0.39 is 6.04 Å². The number of amides is 2. The molecule has 1 N–H and O–H groups in total. The van der Waals surface area contributed by atoms with Crippen LogP contribution in [0.2, 0.25) is 10.0 Å². The summed E-state index contributed by atoms with van der Waals surface area (Å²) in [6.07, 6.45) is 1.29. The monoisotopic (exact) mass is 458 g/mol. The molecule has 4 rings (SSSR count). The molecule has 2 amide bonds. The molecule has 1 aromatic heterocycles. The Labute approximate surface area is 188 Å². The molecule has 1 aliphatic rings. The van der Waals surface area contributed by atoms with Gasteiger partial charge in [0.05, 0.1) is 17.5 Å². The van der Waals surface area contributed by atoms with Gasteiger partial charge in [-0.25, -0.2) is 4.68 Å². The number of nitrogens with one attached hydrogen (secondary N) is 1. The van der Waals surface area contributed by atoms with E-state index in [-0.39, 0.29) is 23.8 Å². The quantitative estimate of drug-likeness (QED) is 0.648. The van der Waals surface area contributed by atoms with Gasteiger partial charge in [-0.2, -0.15) is 5.10 Å². The van der Waals surface area contributed by atoms with Crippen LogP contribution in [0.1, 0.15) is 18.5 Å². The predicted molar refractivity (Wildman–Crippen MR) is 121 cm³/mol. The van der Waals surface area contributed by atoms with Crippen molar-refractivity contribution in [2.24, 2.45) is 7.05 Å². The second-order valence-corrected chi connectivity index (χ2v) is 8.36. The van der Waals surface area contributed by atoms with E-state index in [1.54, 1.807) is 54.4 Å². The van der Waals surface area contributed by atoms with Crippen molar-refractivity contribution in [2.75, 3.05) is 11.9 Å². The molecule has 1 saturated heterocycles. The van der Waals surface area contributed by atoms with Gasteiger partial charge >= 0.3 is 0 Å². The summed E-state index contributed by atoms with van der Waals surface area (Å²) in [4.78, 5) is 39.9. The molecule has 3 aromatic rings. The Balaban J connectivity index is 1.55. The number of anilines is 1. The Hall–Kier alpha value is -2.90. The van der Waals surface area contributed by atoms with E-state index in [4.69, 9.17) is 23.2 Å². The fraction of sp³-hybridized carbons (Fsp3) is 0.273. The summed E-state index contributed by atoms with van der Waals surface area (Å²) in [5, 5.41) is 9.07. The average molecular weight is 459 g/mol. The number of fused-ring (bicyclic) bond motifs is 1. The van der Waals surface area contributed by atoms with Crippen molar-refractivity contribution >= 4 is 51.5 Å². The van der Waals surface area contributed by atoms with Gasteiger partial charge in [-0.15, -0.1) is 0 Å². The van der Waals surface area contributed by atoms with E-state index in [1.807, 2.05) is 0 Å². The molecule has 2 aromatic carbocycles. The highest BCUT2D eigenvalue weighted by molar-refractivity contribution is 6.35. The van der Waals surface area contributed by atoms with Crippen LogP contribution in [0.5, 0.6) is 0 Å². The smallest absolute Gasteiger partial charge is 0.274 e. The topological polar surface area (TPSA) is 84.3 Å². The fourth-order valence-electron chi connectivity index (χ4n) is 3.94. The van der Waals surface area contributed by atoms with E-state index in [2.05, 4.69) is 10.4 Å². The molecule has 1 unspecified atom stereocenters. The highest BCUT2D eigenvalue weighted by Gasteiger charge is 2.34. The van der Waals surface area contributed by atoms with Gasteiger partial charge in [0, 0.05) is 34.7 Å². The maximum absolute atomic E-state index is 13.1. The lowest BCUT2D eigenvalue weighted by Gasteiger charge is -2.24. The zero-order valence-corrected chi connectivity index (χ0v) is 18.3. The van der Waals surface area contributed by atoms with Crippen LogP contribution in [0.3, 0.4) is 0 Å². The molecule has 1 fully saturated rings. The Morgan fingerprint density at radius 1 is 1.13 bits per heavy atom. The van der Waals surface area contributed by atoms with Crippen LogP contribution in [0.15, 0.2) is 47.3 Å². The zero-order chi connectivity index (χ0) is 22.1. The first-order chi connectivity index (χ1) is 14.8. The number of halogens is 2. The lowest BCUT2D eigenvalue weighted by atomic mass is 10.1. The first-order valence-electron chi connectivity index (χ1n) is 9.85. The molecule has 0 radical (unpaired) electrons. The van der Waals surface area contributed by atoms with Gasteiger partial charge in [-0.05, 0) is 37.1 Å². The number of carbonyl (C=O) groups is 2. The van der Waals surface area contributed by atoms with Gasteiger partial charge < -0.3 is 10.2 Å². The van der Waals surface area contributed by atoms with Crippen molar-refractivity contribution in [3.05, 3.63) is 68.6 Å². The summed E-state index contributed by atoms with van der Waals surface area (Å²) >= 11 is 12.0. The standard InChI is InChI=1S/C22H20Cl2N4O3/c1-27-22(31)17-6-3-2-5-16(17)18(26-27)12-20(29)28-8-4-7-19(28)21(30)25-15-10-13(23)9-14(24)11-15/h2-3,5-6,9-11,19H,4,7-8,12H2,1H3,(H,25,30). The van der Waals surface area contributed by atoms with Crippen LogP contribution in [0, 0.1) is 0 Å². The van der Waals surface area contributed by atoms with Crippen molar-refractivity contribution in [3.63, 3.8) is 0 Å². The molecule has 7 nitrogen and oxygen atoms in total. The van der Waals surface area contributed by atoms with E-state index in [0.717, 1.165) is 6.42 Å². The van der Waals surface area contributed by atoms with Crippen LogP contribution in [0.25, 0.3) is 10.8 Å². The van der Waals surface area contributed by atoms with Crippen molar-refractivity contribution in [3.8, 4) is 0 Å². The molecule has 1 aliphatic heterocycles. The Bertz CT molecular complexity index is 1220. The molecule has 31 heavy (non-hydrogen) atoms. The number of hydrogen-bond donors (Lipinski definition) is 1. The number of likely N-dealkylation sites (tertiary alicyclic amines) is 1. The second kappa shape index (κ2) is 8.69. The lowest BCUT2D eigenvalue weighted by molar-refractivity contribution is -0.136. The lowest BCUT2D eigenvalue weighted by Crippen LogP contribution is -2.44. The highest BCUT2D eigenvalue weighted by Crippen LogP contribution is 2.25. The Morgan fingerprint density at radius 2 is 1.81 bits per heavy atom. The molecule has 1 atom stereocenters. The first-order valence-corrected chi connectivity index (χ1v) is 10.6. The van der Waals surface area contributed by atoms with Gasteiger partial charge in [0.25, 0.3) is 5.56 Å². The van der Waals surface area contributed by atoms with Crippen molar-refractivity contribution in [1.29, 1.82) is 0 Å². The van der Waals surface area contributed by atoms with Crippen LogP contribution < -0.4 is 10.9 Å². The van der Waals surface area contributed by atoms with Gasteiger partial charge in [0.2, 0.25) is 11.8 Å². The SMILES string of the molecule is Cn1nc(CC(=O)N2CCCC2C(=O)Nc2cc(Cl)cc(Cl)c2)c2ccccc2c1=O. The largest absolute Gasteiger partial charge is 0.330 e. The maximum atomic E-state index is 13.1. The number of rotatable bonds is 4. The van der Waals surface area contributed by atoms with Crippen molar-refractivity contribution in [1.82, 2.24) is 14.7 Å².